The van der Waals surface area contributed by atoms with Crippen molar-refractivity contribution in [2.24, 2.45) is 0 Å². The lowest BCUT2D eigenvalue weighted by Gasteiger charge is -2.15. The van der Waals surface area contributed by atoms with Crippen LogP contribution >= 0.6 is 11.6 Å². The average molecular weight is 458 g/mol. The van der Waals surface area contributed by atoms with Crippen molar-refractivity contribution in [2.75, 3.05) is 21.3 Å². The number of halogens is 1. The Labute approximate surface area is 176 Å². The van der Waals surface area contributed by atoms with Crippen LogP contribution in [0.25, 0.3) is 6.08 Å². The van der Waals surface area contributed by atoms with Gasteiger partial charge in [0.05, 0.1) is 31.3 Å². The Morgan fingerprint density at radius 2 is 1.80 bits per heavy atom. The van der Waals surface area contributed by atoms with E-state index in [1.54, 1.807) is 0 Å². The van der Waals surface area contributed by atoms with E-state index in [-0.39, 0.29) is 33.5 Å². The second-order valence-corrected chi connectivity index (χ2v) is 7.44. The predicted octanol–water partition coefficient (Wildman–Crippen LogP) is 3.22. The maximum Gasteiger partial charge on any atom is 0.343 e. The van der Waals surface area contributed by atoms with Gasteiger partial charge in [-0.25, -0.2) is 4.79 Å². The van der Waals surface area contributed by atoms with Crippen molar-refractivity contribution >= 4 is 39.5 Å². The van der Waals surface area contributed by atoms with Crippen LogP contribution in [-0.4, -0.2) is 40.6 Å². The van der Waals surface area contributed by atoms with Crippen LogP contribution in [0.5, 0.6) is 17.2 Å². The molecule has 2 aromatic carbocycles. The Hall–Kier alpha value is -3.31. The molecule has 12 heteroatoms. The molecule has 0 spiro atoms. The zero-order valence-electron chi connectivity index (χ0n) is 15.9. The number of ether oxygens (including phenoxy) is 3. The van der Waals surface area contributed by atoms with Crippen molar-refractivity contribution in [1.29, 1.82) is 0 Å². The number of nitro benzene ring substituents is 1. The fraction of sp³-hybridized carbons (Fsp3) is 0.167. The maximum absolute atomic E-state index is 12.9. The summed E-state index contributed by atoms with van der Waals surface area (Å²) in [6, 6.07) is 5.69. The summed E-state index contributed by atoms with van der Waals surface area (Å²) in [5, 5.41) is 10.5. The first-order valence-corrected chi connectivity index (χ1v) is 9.82. The largest absolute Gasteiger partial charge is 0.493 e. The minimum atomic E-state index is -4.52. The first kappa shape index (κ1) is 23.0. The highest BCUT2D eigenvalue weighted by molar-refractivity contribution is 7.87. The molecule has 0 amide bonds. The van der Waals surface area contributed by atoms with Gasteiger partial charge in [-0.15, -0.1) is 0 Å². The molecule has 0 heterocycles. The summed E-state index contributed by atoms with van der Waals surface area (Å²) < 4.78 is 45.7. The third kappa shape index (κ3) is 5.19. The number of carbonyl (C=O) groups excluding carboxylic acids is 1. The van der Waals surface area contributed by atoms with Crippen LogP contribution in [-0.2, 0) is 19.6 Å². The summed E-state index contributed by atoms with van der Waals surface area (Å²) in [5.74, 6) is -1.06. The topological polar surface area (TPSA) is 131 Å². The number of non-ortho nitro benzene ring substituents is 1. The molecule has 0 saturated carbocycles. The van der Waals surface area contributed by atoms with Gasteiger partial charge in [0.25, 0.3) is 5.69 Å². The van der Waals surface area contributed by atoms with Gasteiger partial charge in [0, 0.05) is 18.2 Å². The molecule has 0 unspecified atom stereocenters. The van der Waals surface area contributed by atoms with E-state index in [9.17, 15) is 23.3 Å². The highest BCUT2D eigenvalue weighted by atomic mass is 35.5. The van der Waals surface area contributed by atoms with E-state index in [2.05, 4.69) is 4.74 Å². The standard InChI is InChI=1S/C18H16ClNO9S/c1-26-15-8-11(4-7-17(21)27-2)9-16(18(15)28-3)30(24,25)29-14-6-5-12(20(22)23)10-13(14)19/h4-10H,1-3H3/b7-4+. The van der Waals surface area contributed by atoms with Gasteiger partial charge in [-0.1, -0.05) is 11.6 Å². The normalized spacial score (nSPS) is 11.2. The molecule has 0 saturated heterocycles. The molecule has 0 N–H and O–H groups in total. The average Bonchev–Trinajstić information content (AvgIpc) is 2.72. The molecule has 0 aliphatic carbocycles. The van der Waals surface area contributed by atoms with E-state index >= 15 is 0 Å². The minimum Gasteiger partial charge on any atom is -0.493 e. The highest BCUT2D eigenvalue weighted by Crippen LogP contribution is 2.38. The number of rotatable bonds is 8. The van der Waals surface area contributed by atoms with Crippen LogP contribution in [0.3, 0.4) is 0 Å². The highest BCUT2D eigenvalue weighted by Gasteiger charge is 2.27. The van der Waals surface area contributed by atoms with Gasteiger partial charge in [-0.05, 0) is 29.8 Å². The second kappa shape index (κ2) is 9.46. The summed E-state index contributed by atoms with van der Waals surface area (Å²) in [6.45, 7) is 0. The quantitative estimate of drug-likeness (QED) is 0.192. The molecular weight excluding hydrogens is 442 g/mol. The van der Waals surface area contributed by atoms with Crippen molar-refractivity contribution in [1.82, 2.24) is 0 Å². The molecule has 30 heavy (non-hydrogen) atoms. The molecule has 0 atom stereocenters. The number of nitrogens with zero attached hydrogens (tertiary/aromatic N) is 1. The van der Waals surface area contributed by atoms with Crippen LogP contribution in [0, 0.1) is 10.1 Å². The van der Waals surface area contributed by atoms with E-state index in [1.165, 1.54) is 39.5 Å². The zero-order valence-corrected chi connectivity index (χ0v) is 17.5. The Kier molecular flexibility index (Phi) is 7.24. The SMILES string of the molecule is COC(=O)/C=C/c1cc(OC)c(OC)c(S(=O)(=O)Oc2ccc([N+](=O)[O-])cc2Cl)c1. The van der Waals surface area contributed by atoms with Crippen molar-refractivity contribution in [2.45, 2.75) is 4.90 Å². The third-order valence-corrected chi connectivity index (χ3v) is 5.21. The zero-order chi connectivity index (χ0) is 22.5. The number of hydrogen-bond donors (Lipinski definition) is 0. The van der Waals surface area contributed by atoms with Crippen LogP contribution in [0.2, 0.25) is 5.02 Å². The summed E-state index contributed by atoms with van der Waals surface area (Å²) >= 11 is 5.92. The lowest BCUT2D eigenvalue weighted by Crippen LogP contribution is -2.12. The second-order valence-electron chi connectivity index (χ2n) is 5.52. The number of nitro groups is 1. The Morgan fingerprint density at radius 1 is 1.10 bits per heavy atom. The molecule has 2 aromatic rings. The van der Waals surface area contributed by atoms with Crippen molar-refractivity contribution < 1.29 is 36.5 Å². The van der Waals surface area contributed by atoms with Crippen molar-refractivity contribution in [3.8, 4) is 17.2 Å². The molecule has 160 valence electrons. The minimum absolute atomic E-state index is 0.0569. The summed E-state index contributed by atoms with van der Waals surface area (Å²) in [4.78, 5) is 21.0. The van der Waals surface area contributed by atoms with Gasteiger partial charge in [-0.2, -0.15) is 8.42 Å². The first-order chi connectivity index (χ1) is 14.1. The lowest BCUT2D eigenvalue weighted by molar-refractivity contribution is -0.384. The predicted molar refractivity (Wildman–Crippen MR) is 107 cm³/mol. The molecular formula is C18H16ClNO9S. The summed E-state index contributed by atoms with van der Waals surface area (Å²) in [5.41, 5.74) is -0.0611. The molecule has 0 bridgehead atoms. The molecule has 0 radical (unpaired) electrons. The van der Waals surface area contributed by atoms with E-state index in [0.29, 0.717) is 0 Å². The number of esters is 1. The first-order valence-electron chi connectivity index (χ1n) is 8.03. The fourth-order valence-corrected chi connectivity index (χ4v) is 3.72. The molecule has 0 aromatic heterocycles. The van der Waals surface area contributed by atoms with Crippen molar-refractivity contribution in [3.05, 3.63) is 57.1 Å². The maximum atomic E-state index is 12.9. The van der Waals surface area contributed by atoms with E-state index in [1.807, 2.05) is 0 Å². The monoisotopic (exact) mass is 457 g/mol. The Bertz CT molecular complexity index is 1110. The van der Waals surface area contributed by atoms with Crippen LogP contribution in [0.4, 0.5) is 5.69 Å². The molecule has 0 aliphatic rings. The third-order valence-electron chi connectivity index (χ3n) is 3.68. The van der Waals surface area contributed by atoms with Gasteiger partial charge in [0.2, 0.25) is 0 Å². The number of carbonyl (C=O) groups is 1. The number of methoxy groups -OCH3 is 3. The lowest BCUT2D eigenvalue weighted by atomic mass is 10.2. The Balaban J connectivity index is 2.55. The molecule has 2 rings (SSSR count). The number of hydrogen-bond acceptors (Lipinski definition) is 9. The fourth-order valence-electron chi connectivity index (χ4n) is 2.30. The molecule has 0 fully saturated rings. The summed E-state index contributed by atoms with van der Waals surface area (Å²) in [7, 11) is -0.789. The van der Waals surface area contributed by atoms with Gasteiger partial charge in [0.1, 0.15) is 0 Å². The van der Waals surface area contributed by atoms with Crippen LogP contribution < -0.4 is 13.7 Å². The summed E-state index contributed by atoms with van der Waals surface area (Å²) in [6.07, 6.45) is 2.40. The van der Waals surface area contributed by atoms with E-state index < -0.39 is 25.9 Å². The molecule has 0 aliphatic heterocycles. The van der Waals surface area contributed by atoms with Gasteiger partial charge in [0.15, 0.2) is 22.1 Å². The van der Waals surface area contributed by atoms with Crippen LogP contribution in [0.1, 0.15) is 5.56 Å². The van der Waals surface area contributed by atoms with Gasteiger partial charge in [-0.3, -0.25) is 10.1 Å². The smallest absolute Gasteiger partial charge is 0.343 e. The van der Waals surface area contributed by atoms with E-state index in [4.69, 9.17) is 25.3 Å². The van der Waals surface area contributed by atoms with E-state index in [0.717, 1.165) is 24.3 Å². The number of benzene rings is 2. The van der Waals surface area contributed by atoms with Gasteiger partial charge < -0.3 is 18.4 Å². The van der Waals surface area contributed by atoms with Crippen LogP contribution in [0.15, 0.2) is 41.3 Å². The molecule has 10 nitrogen and oxygen atoms in total. The van der Waals surface area contributed by atoms with Gasteiger partial charge >= 0.3 is 16.1 Å². The Morgan fingerprint density at radius 3 is 2.33 bits per heavy atom. The van der Waals surface area contributed by atoms with Crippen molar-refractivity contribution in [3.63, 3.8) is 0 Å².